The van der Waals surface area contributed by atoms with E-state index in [1.54, 1.807) is 42.6 Å². The van der Waals surface area contributed by atoms with E-state index in [-0.39, 0.29) is 17.9 Å². The molecule has 0 aliphatic carbocycles. The van der Waals surface area contributed by atoms with Crippen molar-refractivity contribution in [1.29, 1.82) is 0 Å². The quantitative estimate of drug-likeness (QED) is 0.228. The number of pyridine rings is 1. The lowest BCUT2D eigenvalue weighted by molar-refractivity contribution is -0.139. The molecule has 1 atom stereocenters. The third kappa shape index (κ3) is 9.95. The zero-order valence-corrected chi connectivity index (χ0v) is 22.2. The number of anilines is 1. The molecule has 4 N–H and O–H groups in total. The van der Waals surface area contributed by atoms with E-state index in [1.165, 1.54) is 12.1 Å². The average Bonchev–Trinajstić information content (AvgIpc) is 3.01. The highest BCUT2D eigenvalue weighted by Crippen LogP contribution is 2.23. The van der Waals surface area contributed by atoms with Crippen molar-refractivity contribution in [2.75, 3.05) is 4.90 Å². The fourth-order valence-electron chi connectivity index (χ4n) is 3.88. The number of nitrogens with zero attached hydrogens (tertiary/aromatic N) is 2. The van der Waals surface area contributed by atoms with Gasteiger partial charge in [0.2, 0.25) is 0 Å². The van der Waals surface area contributed by atoms with Crippen LogP contribution in [0.25, 0.3) is 0 Å². The summed E-state index contributed by atoms with van der Waals surface area (Å²) < 4.78 is 0. The zero-order valence-electron chi connectivity index (χ0n) is 22.2. The number of phenolic OH excluding ortho intramolecular Hbond substituents is 2. The van der Waals surface area contributed by atoms with Crippen LogP contribution in [-0.2, 0) is 33.9 Å². The third-order valence-corrected chi connectivity index (χ3v) is 5.86. The first kappa shape index (κ1) is 31.7. The zero-order chi connectivity index (χ0) is 30.2. The average molecular weight is 558 g/mol. The molecule has 4 rings (SSSR count). The molecule has 0 radical (unpaired) electrons. The van der Waals surface area contributed by atoms with Gasteiger partial charge in [0.05, 0.1) is 12.2 Å². The van der Waals surface area contributed by atoms with Gasteiger partial charge in [0, 0.05) is 30.4 Å². The second-order valence-electron chi connectivity index (χ2n) is 8.63. The monoisotopic (exact) mass is 557 g/mol. The molecular weight excluding hydrogens is 526 g/mol. The van der Waals surface area contributed by atoms with E-state index < -0.39 is 17.9 Å². The summed E-state index contributed by atoms with van der Waals surface area (Å²) in [5.74, 6) is -1.36. The number of hydrogen-bond donors (Lipinski definition) is 4. The molecule has 0 aliphatic heterocycles. The van der Waals surface area contributed by atoms with E-state index in [4.69, 9.17) is 9.59 Å². The third-order valence-electron chi connectivity index (χ3n) is 5.86. The van der Waals surface area contributed by atoms with Crippen LogP contribution in [0.15, 0.2) is 97.2 Å². The van der Waals surface area contributed by atoms with E-state index in [0.29, 0.717) is 24.2 Å². The minimum absolute atomic E-state index is 0.0868. The lowest BCUT2D eigenvalue weighted by Gasteiger charge is -2.25. The van der Waals surface area contributed by atoms with Crippen LogP contribution in [-0.4, -0.2) is 51.8 Å². The van der Waals surface area contributed by atoms with Crippen molar-refractivity contribution < 1.29 is 34.5 Å². The van der Waals surface area contributed by atoms with Gasteiger partial charge in [0.15, 0.2) is 0 Å². The van der Waals surface area contributed by atoms with Gasteiger partial charge in [-0.25, -0.2) is 4.79 Å². The van der Waals surface area contributed by atoms with E-state index in [1.807, 2.05) is 56.0 Å². The summed E-state index contributed by atoms with van der Waals surface area (Å²) in [7, 11) is 0. The fraction of sp³-hybridized carbons (Fsp3) is 0.129. The molecule has 0 fully saturated rings. The van der Waals surface area contributed by atoms with Gasteiger partial charge in [-0.2, -0.15) is 0 Å². The van der Waals surface area contributed by atoms with Gasteiger partial charge in [-0.15, -0.1) is 0 Å². The summed E-state index contributed by atoms with van der Waals surface area (Å²) in [5.41, 5.74) is 3.77. The first-order chi connectivity index (χ1) is 19.9. The lowest BCUT2D eigenvalue weighted by Crippen LogP contribution is -2.42. The molecular formula is C31H31N3O7. The highest BCUT2D eigenvalue weighted by Gasteiger charge is 2.21. The van der Waals surface area contributed by atoms with E-state index >= 15 is 0 Å². The van der Waals surface area contributed by atoms with Crippen LogP contribution in [0.5, 0.6) is 11.5 Å². The number of amides is 1. The van der Waals surface area contributed by atoms with Gasteiger partial charge in [-0.05, 0) is 71.8 Å². The number of carbonyl (C=O) groups excluding carboxylic acids is 3. The van der Waals surface area contributed by atoms with Crippen LogP contribution < -0.4 is 10.2 Å². The van der Waals surface area contributed by atoms with Crippen LogP contribution >= 0.6 is 0 Å². The van der Waals surface area contributed by atoms with Crippen LogP contribution in [0, 0.1) is 0 Å². The largest absolute Gasteiger partial charge is 0.508 e. The predicted molar refractivity (Wildman–Crippen MR) is 154 cm³/mol. The first-order valence-electron chi connectivity index (χ1n) is 12.3. The molecule has 4 aromatic rings. The van der Waals surface area contributed by atoms with Crippen LogP contribution in [0.2, 0.25) is 0 Å². The van der Waals surface area contributed by atoms with Crippen molar-refractivity contribution in [2.24, 2.45) is 0 Å². The van der Waals surface area contributed by atoms with Crippen molar-refractivity contribution in [3.63, 3.8) is 0 Å². The summed E-state index contributed by atoms with van der Waals surface area (Å²) >= 11 is 0. The molecule has 0 saturated heterocycles. The predicted octanol–water partition coefficient (Wildman–Crippen LogP) is 3.76. The van der Waals surface area contributed by atoms with Crippen LogP contribution in [0.4, 0.5) is 5.69 Å². The molecule has 0 spiro atoms. The maximum absolute atomic E-state index is 12.8. The molecule has 10 heteroatoms. The molecule has 0 aliphatic rings. The standard InChI is InChI=1S/C29H27N3O5.2CH2O/c33-25-12-6-20(7-13-25)17-27(29(36)37)31-28(35)22-8-4-21(5-9-22)18-32(19-23-3-1-2-16-30-23)24-10-14-26(34)15-11-24;2*1-2/h1-16,27,33-34H,17-19H2,(H,31,35)(H,36,37);2*1H2. The number of nitrogens with one attached hydrogen (secondary N) is 1. The molecule has 1 unspecified atom stereocenters. The Labute approximate surface area is 237 Å². The number of rotatable bonds is 10. The molecule has 212 valence electrons. The van der Waals surface area contributed by atoms with Gasteiger partial charge in [-0.3, -0.25) is 9.78 Å². The van der Waals surface area contributed by atoms with Gasteiger partial charge >= 0.3 is 5.97 Å². The van der Waals surface area contributed by atoms with Gasteiger partial charge in [0.1, 0.15) is 31.1 Å². The number of carboxylic acids is 1. The smallest absolute Gasteiger partial charge is 0.326 e. The normalized spacial score (nSPS) is 10.5. The maximum Gasteiger partial charge on any atom is 0.326 e. The molecule has 10 nitrogen and oxygen atoms in total. The Kier molecular flexibility index (Phi) is 12.7. The number of aromatic nitrogens is 1. The van der Waals surface area contributed by atoms with E-state index in [0.717, 1.165) is 16.9 Å². The minimum Gasteiger partial charge on any atom is -0.508 e. The Morgan fingerprint density at radius 1 is 0.756 bits per heavy atom. The Bertz CT molecular complexity index is 1360. The van der Waals surface area contributed by atoms with Crippen molar-refractivity contribution in [1.82, 2.24) is 10.3 Å². The molecule has 1 aromatic heterocycles. The summed E-state index contributed by atoms with van der Waals surface area (Å²) in [5, 5.41) is 31.3. The number of phenols is 2. The van der Waals surface area contributed by atoms with E-state index in [2.05, 4.69) is 15.2 Å². The summed E-state index contributed by atoms with van der Waals surface area (Å²) in [4.78, 5) is 47.0. The number of aromatic hydroxyl groups is 2. The molecule has 1 heterocycles. The number of carboxylic acid groups (broad SMARTS) is 1. The molecule has 3 aromatic carbocycles. The summed E-state index contributed by atoms with van der Waals surface area (Å²) in [6.45, 7) is 5.08. The minimum atomic E-state index is -1.14. The number of hydrogen-bond acceptors (Lipinski definition) is 8. The molecule has 0 saturated carbocycles. The molecule has 1 amide bonds. The summed E-state index contributed by atoms with van der Waals surface area (Å²) in [6.07, 6.45) is 1.83. The van der Waals surface area contributed by atoms with Gasteiger partial charge in [0.25, 0.3) is 5.91 Å². The van der Waals surface area contributed by atoms with Crippen molar-refractivity contribution in [3.8, 4) is 11.5 Å². The van der Waals surface area contributed by atoms with Gasteiger partial charge < -0.3 is 35.1 Å². The number of carbonyl (C=O) groups is 4. The second-order valence-corrected chi connectivity index (χ2v) is 8.63. The van der Waals surface area contributed by atoms with Crippen molar-refractivity contribution in [3.05, 3.63) is 120 Å². The van der Waals surface area contributed by atoms with Crippen LogP contribution in [0.1, 0.15) is 27.2 Å². The highest BCUT2D eigenvalue weighted by molar-refractivity contribution is 5.96. The Hall–Kier alpha value is -5.51. The van der Waals surface area contributed by atoms with Crippen molar-refractivity contribution in [2.45, 2.75) is 25.6 Å². The first-order valence-corrected chi connectivity index (χ1v) is 12.3. The Morgan fingerprint density at radius 2 is 1.32 bits per heavy atom. The molecule has 41 heavy (non-hydrogen) atoms. The van der Waals surface area contributed by atoms with Crippen molar-refractivity contribution >= 4 is 31.1 Å². The molecule has 0 bridgehead atoms. The summed E-state index contributed by atoms with van der Waals surface area (Å²) in [6, 6.07) is 24.7. The Morgan fingerprint density at radius 3 is 1.85 bits per heavy atom. The van der Waals surface area contributed by atoms with Crippen LogP contribution in [0.3, 0.4) is 0 Å². The Balaban J connectivity index is 0.00000141. The fourth-order valence-corrected chi connectivity index (χ4v) is 3.88. The topological polar surface area (TPSA) is 157 Å². The van der Waals surface area contributed by atoms with Gasteiger partial charge in [-0.1, -0.05) is 30.3 Å². The van der Waals surface area contributed by atoms with E-state index in [9.17, 15) is 24.9 Å². The maximum atomic E-state index is 12.8. The lowest BCUT2D eigenvalue weighted by atomic mass is 10.0. The second kappa shape index (κ2) is 16.5. The highest BCUT2D eigenvalue weighted by atomic mass is 16.4. The SMILES string of the molecule is C=O.C=O.O=C(NC(Cc1ccc(O)cc1)C(=O)O)c1ccc(CN(Cc2ccccn2)c2ccc(O)cc2)cc1. The number of benzene rings is 3. The number of aliphatic carboxylic acids is 1.